The molecule has 0 aliphatic heterocycles. The second kappa shape index (κ2) is 11.8. The summed E-state index contributed by atoms with van der Waals surface area (Å²) in [5.74, 6) is 0. The van der Waals surface area contributed by atoms with Gasteiger partial charge in [0.05, 0.1) is 5.69 Å². The topological polar surface area (TPSA) is 85.1 Å². The van der Waals surface area contributed by atoms with E-state index in [1.54, 1.807) is 23.0 Å². The van der Waals surface area contributed by atoms with Crippen molar-refractivity contribution in [3.63, 3.8) is 0 Å². The highest BCUT2D eigenvalue weighted by Crippen LogP contribution is 2.40. The van der Waals surface area contributed by atoms with E-state index in [0.717, 1.165) is 66.4 Å². The van der Waals surface area contributed by atoms with E-state index in [1.807, 2.05) is 24.3 Å². The molecule has 1 aromatic heterocycles. The van der Waals surface area contributed by atoms with Crippen LogP contribution in [0.5, 0.6) is 0 Å². The van der Waals surface area contributed by atoms with Crippen LogP contribution in [-0.4, -0.2) is 28.0 Å². The van der Waals surface area contributed by atoms with Crippen molar-refractivity contribution in [3.8, 4) is 16.8 Å². The number of aromatic nitrogens is 3. The smallest absolute Gasteiger partial charge is 0.282 e. The zero-order chi connectivity index (χ0) is 27.3. The van der Waals surface area contributed by atoms with Gasteiger partial charge in [-0.25, -0.2) is 0 Å². The Labute approximate surface area is 226 Å². The van der Waals surface area contributed by atoms with Gasteiger partial charge >= 0.3 is 0 Å². The van der Waals surface area contributed by atoms with Crippen LogP contribution in [-0.2, 0) is 22.0 Å². The fourth-order valence-electron chi connectivity index (χ4n) is 5.13. The summed E-state index contributed by atoms with van der Waals surface area (Å²) in [6.45, 7) is 8.94. The Balaban J connectivity index is 2.03. The lowest BCUT2D eigenvalue weighted by molar-refractivity contribution is 0.449. The lowest BCUT2D eigenvalue weighted by Crippen LogP contribution is -2.19. The molecule has 0 fully saturated rings. The van der Waals surface area contributed by atoms with Crippen molar-refractivity contribution < 1.29 is 13.0 Å². The number of hydrogen-bond donors (Lipinski definition) is 1. The van der Waals surface area contributed by atoms with Crippen molar-refractivity contribution in [1.29, 1.82) is 0 Å². The number of nitrogens with zero attached hydrogens (tertiary/aromatic N) is 3. The van der Waals surface area contributed by atoms with Gasteiger partial charge in [0.1, 0.15) is 15.9 Å². The number of fused-ring (bicyclic) bond motifs is 1. The summed E-state index contributed by atoms with van der Waals surface area (Å²) < 4.78 is 35.1. The van der Waals surface area contributed by atoms with Crippen LogP contribution in [0.2, 0.25) is 0 Å². The molecule has 1 N–H and O–H groups in total. The van der Waals surface area contributed by atoms with Crippen molar-refractivity contribution in [3.05, 3.63) is 71.8 Å². The number of rotatable bonds is 12. The van der Waals surface area contributed by atoms with Gasteiger partial charge in [-0.15, -0.1) is 15.0 Å². The fraction of sp³-hybridized carbons (Fsp3) is 0.419. The van der Waals surface area contributed by atoms with Gasteiger partial charge in [-0.05, 0) is 60.1 Å². The van der Waals surface area contributed by atoms with Crippen LogP contribution in [0.25, 0.3) is 27.8 Å². The highest BCUT2D eigenvalue weighted by atomic mass is 32.2. The predicted octanol–water partition coefficient (Wildman–Crippen LogP) is 7.92. The second-order valence-electron chi connectivity index (χ2n) is 10.8. The molecular formula is C31H39N3O3S. The van der Waals surface area contributed by atoms with Crippen molar-refractivity contribution in [2.24, 2.45) is 0 Å². The van der Waals surface area contributed by atoms with Crippen molar-refractivity contribution in [1.82, 2.24) is 15.0 Å². The summed E-state index contributed by atoms with van der Waals surface area (Å²) in [6, 6.07) is 18.7. The minimum Gasteiger partial charge on any atom is -0.282 e. The SMILES string of the molecule is CCCCCc1cc(C(C)(C)CCCCC)cc(-n2nc3ccccc3n2)c1-c1ccccc1S(=O)(=O)O. The van der Waals surface area contributed by atoms with Gasteiger partial charge in [0.15, 0.2) is 0 Å². The van der Waals surface area contributed by atoms with E-state index >= 15 is 0 Å². The van der Waals surface area contributed by atoms with Gasteiger partial charge in [-0.3, -0.25) is 4.55 Å². The molecule has 0 aliphatic rings. The molecule has 0 saturated carbocycles. The maximum absolute atomic E-state index is 12.5. The first-order chi connectivity index (χ1) is 18.2. The molecule has 3 aromatic carbocycles. The summed E-state index contributed by atoms with van der Waals surface area (Å²) in [4.78, 5) is 1.53. The molecule has 38 heavy (non-hydrogen) atoms. The molecule has 1 heterocycles. The average molecular weight is 534 g/mol. The van der Waals surface area contributed by atoms with Gasteiger partial charge in [-0.1, -0.05) is 96.2 Å². The molecule has 0 radical (unpaired) electrons. The molecule has 0 atom stereocenters. The van der Waals surface area contributed by atoms with Gasteiger partial charge in [0.25, 0.3) is 10.1 Å². The Morgan fingerprint density at radius 3 is 2.08 bits per heavy atom. The molecule has 202 valence electrons. The molecule has 0 aliphatic carbocycles. The number of aryl methyl sites for hydroxylation is 1. The van der Waals surface area contributed by atoms with E-state index in [4.69, 9.17) is 10.2 Å². The van der Waals surface area contributed by atoms with Gasteiger partial charge in [0, 0.05) is 11.1 Å². The van der Waals surface area contributed by atoms with Crippen molar-refractivity contribution in [2.45, 2.75) is 89.4 Å². The lowest BCUT2D eigenvalue weighted by atomic mass is 9.77. The van der Waals surface area contributed by atoms with E-state index in [9.17, 15) is 13.0 Å². The largest absolute Gasteiger partial charge is 0.295 e. The Hall–Kier alpha value is -3.03. The first-order valence-corrected chi connectivity index (χ1v) is 15.2. The number of unbranched alkanes of at least 4 members (excludes halogenated alkanes) is 4. The van der Waals surface area contributed by atoms with Crippen LogP contribution in [0.1, 0.15) is 83.8 Å². The molecule has 0 spiro atoms. The Bertz CT molecular complexity index is 1470. The molecule has 6 nitrogen and oxygen atoms in total. The maximum atomic E-state index is 12.5. The van der Waals surface area contributed by atoms with Crippen molar-refractivity contribution >= 4 is 21.2 Å². The monoisotopic (exact) mass is 533 g/mol. The highest BCUT2D eigenvalue weighted by molar-refractivity contribution is 7.86. The van der Waals surface area contributed by atoms with Crippen molar-refractivity contribution in [2.75, 3.05) is 0 Å². The van der Waals surface area contributed by atoms with E-state index in [1.165, 1.54) is 24.5 Å². The molecular weight excluding hydrogens is 494 g/mol. The third-order valence-corrected chi connectivity index (χ3v) is 8.28. The molecule has 4 rings (SSSR count). The molecule has 7 heteroatoms. The second-order valence-corrected chi connectivity index (χ2v) is 12.2. The minimum absolute atomic E-state index is 0.0862. The van der Waals surface area contributed by atoms with Gasteiger partial charge in [-0.2, -0.15) is 8.42 Å². The number of benzene rings is 3. The highest BCUT2D eigenvalue weighted by Gasteiger charge is 2.27. The van der Waals surface area contributed by atoms with E-state index in [-0.39, 0.29) is 10.3 Å². The summed E-state index contributed by atoms with van der Waals surface area (Å²) in [7, 11) is -4.45. The fourth-order valence-corrected chi connectivity index (χ4v) is 5.83. The Morgan fingerprint density at radius 1 is 0.842 bits per heavy atom. The van der Waals surface area contributed by atoms with E-state index in [2.05, 4.69) is 39.8 Å². The predicted molar refractivity (Wildman–Crippen MR) is 155 cm³/mol. The average Bonchev–Trinajstić information content (AvgIpc) is 3.32. The van der Waals surface area contributed by atoms with Gasteiger partial charge < -0.3 is 0 Å². The lowest BCUT2D eigenvalue weighted by Gasteiger charge is -2.28. The standard InChI is InChI=1S/C31H39N3O3S/c1-5-7-9-15-23-21-24(31(3,4)20-14-8-6-2)22-28(34-32-26-17-11-12-18-27(26)33-34)30(23)25-16-10-13-19-29(25)38(35,36)37/h10-13,16-19,21-22H,5-9,14-15,20H2,1-4H3,(H,35,36,37). The van der Waals surface area contributed by atoms with Crippen LogP contribution >= 0.6 is 0 Å². The van der Waals surface area contributed by atoms with Crippen LogP contribution in [0.3, 0.4) is 0 Å². The zero-order valence-corrected chi connectivity index (χ0v) is 23.8. The Morgan fingerprint density at radius 2 is 1.45 bits per heavy atom. The molecule has 0 bridgehead atoms. The summed E-state index contributed by atoms with van der Waals surface area (Å²) >= 11 is 0. The molecule has 0 unspecified atom stereocenters. The van der Waals surface area contributed by atoms with Crippen LogP contribution in [0.15, 0.2) is 65.6 Å². The summed E-state index contributed by atoms with van der Waals surface area (Å²) in [5, 5.41) is 9.58. The minimum atomic E-state index is -4.45. The number of hydrogen-bond acceptors (Lipinski definition) is 4. The maximum Gasteiger partial charge on any atom is 0.295 e. The summed E-state index contributed by atoms with van der Waals surface area (Å²) in [6.07, 6.45) is 8.46. The quantitative estimate of drug-likeness (QED) is 0.148. The summed E-state index contributed by atoms with van der Waals surface area (Å²) in [5.41, 5.74) is 5.62. The molecule has 0 saturated heterocycles. The zero-order valence-electron chi connectivity index (χ0n) is 22.9. The molecule has 4 aromatic rings. The van der Waals surface area contributed by atoms with Crippen LogP contribution in [0.4, 0.5) is 0 Å². The first-order valence-electron chi connectivity index (χ1n) is 13.7. The van der Waals surface area contributed by atoms with E-state index < -0.39 is 10.1 Å². The van der Waals surface area contributed by atoms with E-state index in [0.29, 0.717) is 5.56 Å². The Kier molecular flexibility index (Phi) is 8.68. The third kappa shape index (κ3) is 6.16. The first kappa shape index (κ1) is 28.0. The third-order valence-electron chi connectivity index (χ3n) is 7.37. The van der Waals surface area contributed by atoms with Crippen LogP contribution in [0, 0.1) is 0 Å². The molecule has 0 amide bonds. The van der Waals surface area contributed by atoms with Crippen LogP contribution < -0.4 is 0 Å². The van der Waals surface area contributed by atoms with Gasteiger partial charge in [0.2, 0.25) is 0 Å². The normalized spacial score (nSPS) is 12.3.